The fraction of sp³-hybridized carbons (Fsp3) is 0.348. The summed E-state index contributed by atoms with van der Waals surface area (Å²) in [6.45, 7) is 7.52. The quantitative estimate of drug-likeness (QED) is 0.473. The molecule has 30 heavy (non-hydrogen) atoms. The van der Waals surface area contributed by atoms with E-state index in [0.29, 0.717) is 12.5 Å². The van der Waals surface area contributed by atoms with Crippen LogP contribution in [-0.4, -0.2) is 26.4 Å². The highest BCUT2D eigenvalue weighted by molar-refractivity contribution is 7.99. The van der Waals surface area contributed by atoms with Gasteiger partial charge in [-0.15, -0.1) is 10.2 Å². The molecule has 0 atom stereocenters. The zero-order chi connectivity index (χ0) is 21.3. The molecule has 0 aliphatic carbocycles. The predicted octanol–water partition coefficient (Wildman–Crippen LogP) is 4.81. The van der Waals surface area contributed by atoms with Crippen LogP contribution in [0.5, 0.6) is 5.75 Å². The van der Waals surface area contributed by atoms with Gasteiger partial charge in [-0.2, -0.15) is 0 Å². The van der Waals surface area contributed by atoms with Crippen molar-refractivity contribution in [1.29, 1.82) is 0 Å². The maximum Gasteiger partial charge on any atom is 0.234 e. The number of hydrogen-bond donors (Lipinski definition) is 1. The third-order valence-corrected chi connectivity index (χ3v) is 5.40. The van der Waals surface area contributed by atoms with Gasteiger partial charge >= 0.3 is 0 Å². The third-order valence-electron chi connectivity index (χ3n) is 4.43. The van der Waals surface area contributed by atoms with Gasteiger partial charge in [0.1, 0.15) is 12.4 Å². The van der Waals surface area contributed by atoms with E-state index in [-0.39, 0.29) is 11.7 Å². The number of ether oxygens (including phenoxy) is 1. The number of para-hydroxylation sites is 1. The second kappa shape index (κ2) is 10.8. The second-order valence-corrected chi connectivity index (χ2v) is 8.33. The zero-order valence-electron chi connectivity index (χ0n) is 17.7. The van der Waals surface area contributed by atoms with Crippen LogP contribution in [0, 0.1) is 5.92 Å². The number of carbonyl (C=O) groups excluding carboxylic acids is 1. The van der Waals surface area contributed by atoms with Crippen molar-refractivity contribution in [3.63, 3.8) is 0 Å². The average Bonchev–Trinajstić information content (AvgIpc) is 3.12. The molecular weight excluding hydrogens is 396 g/mol. The van der Waals surface area contributed by atoms with Crippen molar-refractivity contribution in [2.45, 2.75) is 45.5 Å². The average molecular weight is 425 g/mol. The van der Waals surface area contributed by atoms with Gasteiger partial charge in [-0.25, -0.2) is 0 Å². The zero-order valence-corrected chi connectivity index (χ0v) is 18.5. The maximum absolute atomic E-state index is 12.3. The molecule has 0 aliphatic rings. The summed E-state index contributed by atoms with van der Waals surface area (Å²) in [6, 6.07) is 17.5. The van der Waals surface area contributed by atoms with Crippen LogP contribution < -0.4 is 10.1 Å². The fourth-order valence-corrected chi connectivity index (χ4v) is 3.67. The Morgan fingerprint density at radius 1 is 1.10 bits per heavy atom. The fourth-order valence-electron chi connectivity index (χ4n) is 2.90. The van der Waals surface area contributed by atoms with Crippen LogP contribution in [0.1, 0.15) is 32.2 Å². The Morgan fingerprint density at radius 2 is 1.83 bits per heavy atom. The molecule has 0 saturated heterocycles. The molecule has 1 heterocycles. The SMILES string of the molecule is CCc1ccc(OCc2nnc(SCC(=O)Nc3ccccc3)n2CC(C)C)cc1. The van der Waals surface area contributed by atoms with Crippen molar-refractivity contribution in [2.75, 3.05) is 11.1 Å². The van der Waals surface area contributed by atoms with Gasteiger partial charge in [0.15, 0.2) is 11.0 Å². The highest BCUT2D eigenvalue weighted by Gasteiger charge is 2.16. The van der Waals surface area contributed by atoms with Crippen molar-refractivity contribution in [3.05, 3.63) is 66.0 Å². The van der Waals surface area contributed by atoms with Gasteiger partial charge in [-0.3, -0.25) is 4.79 Å². The summed E-state index contributed by atoms with van der Waals surface area (Å²) in [4.78, 5) is 12.3. The highest BCUT2D eigenvalue weighted by atomic mass is 32.2. The van der Waals surface area contributed by atoms with Crippen molar-refractivity contribution >= 4 is 23.4 Å². The van der Waals surface area contributed by atoms with Gasteiger partial charge in [0.05, 0.1) is 5.75 Å². The Kier molecular flexibility index (Phi) is 7.90. The number of carbonyl (C=O) groups is 1. The standard InChI is InChI=1S/C23H28N4O2S/c1-4-18-10-12-20(13-11-18)29-15-21-25-26-23(27(21)14-17(2)3)30-16-22(28)24-19-8-6-5-7-9-19/h5-13,17H,4,14-16H2,1-3H3,(H,24,28). The summed E-state index contributed by atoms with van der Waals surface area (Å²) in [7, 11) is 0. The second-order valence-electron chi connectivity index (χ2n) is 7.39. The number of thioether (sulfide) groups is 1. The van der Waals surface area contributed by atoms with Crippen molar-refractivity contribution in [2.24, 2.45) is 5.92 Å². The highest BCUT2D eigenvalue weighted by Crippen LogP contribution is 2.21. The number of nitrogens with one attached hydrogen (secondary N) is 1. The molecule has 0 spiro atoms. The van der Waals surface area contributed by atoms with Crippen LogP contribution >= 0.6 is 11.8 Å². The lowest BCUT2D eigenvalue weighted by molar-refractivity contribution is -0.113. The topological polar surface area (TPSA) is 69.0 Å². The lowest BCUT2D eigenvalue weighted by Gasteiger charge is -2.13. The summed E-state index contributed by atoms with van der Waals surface area (Å²) in [6.07, 6.45) is 1.00. The van der Waals surface area contributed by atoms with Crippen molar-refractivity contribution in [1.82, 2.24) is 14.8 Å². The summed E-state index contributed by atoms with van der Waals surface area (Å²) in [5, 5.41) is 12.2. The lowest BCUT2D eigenvalue weighted by atomic mass is 10.2. The summed E-state index contributed by atoms with van der Waals surface area (Å²) in [5.41, 5.74) is 2.06. The molecule has 6 nitrogen and oxygen atoms in total. The molecule has 1 aromatic heterocycles. The summed E-state index contributed by atoms with van der Waals surface area (Å²) < 4.78 is 7.97. The first kappa shape index (κ1) is 21.9. The smallest absolute Gasteiger partial charge is 0.234 e. The number of aromatic nitrogens is 3. The number of amides is 1. The van der Waals surface area contributed by atoms with E-state index >= 15 is 0 Å². The molecule has 3 aromatic rings. The van der Waals surface area contributed by atoms with E-state index in [1.807, 2.05) is 47.0 Å². The van der Waals surface area contributed by atoms with Gasteiger partial charge in [0.2, 0.25) is 5.91 Å². The summed E-state index contributed by atoms with van der Waals surface area (Å²) in [5.74, 6) is 2.18. The normalized spacial score (nSPS) is 10.9. The molecule has 0 radical (unpaired) electrons. The van der Waals surface area contributed by atoms with Crippen LogP contribution in [0.2, 0.25) is 0 Å². The molecule has 1 N–H and O–H groups in total. The molecular formula is C23H28N4O2S. The number of anilines is 1. The maximum atomic E-state index is 12.3. The number of rotatable bonds is 10. The van der Waals surface area contributed by atoms with Gasteiger partial charge in [0, 0.05) is 12.2 Å². The number of nitrogens with zero attached hydrogens (tertiary/aromatic N) is 3. The van der Waals surface area contributed by atoms with Gasteiger partial charge in [0.25, 0.3) is 0 Å². The number of benzene rings is 2. The molecule has 3 rings (SSSR count). The largest absolute Gasteiger partial charge is 0.486 e. The lowest BCUT2D eigenvalue weighted by Crippen LogP contribution is -2.16. The van der Waals surface area contributed by atoms with E-state index in [2.05, 4.69) is 48.4 Å². The van der Waals surface area contributed by atoms with Crippen LogP contribution in [0.3, 0.4) is 0 Å². The van der Waals surface area contributed by atoms with Crippen LogP contribution in [0.25, 0.3) is 0 Å². The molecule has 2 aromatic carbocycles. The first-order valence-corrected chi connectivity index (χ1v) is 11.1. The van der Waals surface area contributed by atoms with E-state index < -0.39 is 0 Å². The van der Waals surface area contributed by atoms with Crippen molar-refractivity contribution in [3.8, 4) is 5.75 Å². The molecule has 0 fully saturated rings. The Labute approximate surface area is 182 Å². The van der Waals surface area contributed by atoms with Crippen LogP contribution in [0.15, 0.2) is 59.8 Å². The minimum atomic E-state index is -0.0703. The minimum Gasteiger partial charge on any atom is -0.486 e. The minimum absolute atomic E-state index is 0.0703. The monoisotopic (exact) mass is 424 g/mol. The van der Waals surface area contributed by atoms with Gasteiger partial charge < -0.3 is 14.6 Å². The van der Waals surface area contributed by atoms with Gasteiger partial charge in [-0.05, 0) is 42.2 Å². The number of aryl methyl sites for hydroxylation is 1. The van der Waals surface area contributed by atoms with E-state index in [0.717, 1.165) is 35.4 Å². The first-order valence-electron chi connectivity index (χ1n) is 10.2. The van der Waals surface area contributed by atoms with E-state index in [4.69, 9.17) is 4.74 Å². The Hall–Kier alpha value is -2.80. The molecule has 158 valence electrons. The van der Waals surface area contributed by atoms with Crippen LogP contribution in [-0.2, 0) is 24.4 Å². The Morgan fingerprint density at radius 3 is 2.50 bits per heavy atom. The molecule has 1 amide bonds. The Balaban J connectivity index is 1.62. The molecule has 0 unspecified atom stereocenters. The molecule has 0 saturated carbocycles. The molecule has 0 bridgehead atoms. The molecule has 0 aliphatic heterocycles. The Bertz CT molecular complexity index is 940. The van der Waals surface area contributed by atoms with E-state index in [1.54, 1.807) is 0 Å². The predicted molar refractivity (Wildman–Crippen MR) is 121 cm³/mol. The van der Waals surface area contributed by atoms with E-state index in [1.165, 1.54) is 17.3 Å². The first-order chi connectivity index (χ1) is 14.5. The van der Waals surface area contributed by atoms with Crippen LogP contribution in [0.4, 0.5) is 5.69 Å². The van der Waals surface area contributed by atoms with Crippen molar-refractivity contribution < 1.29 is 9.53 Å². The summed E-state index contributed by atoms with van der Waals surface area (Å²) >= 11 is 1.39. The third kappa shape index (κ3) is 6.35. The number of hydrogen-bond acceptors (Lipinski definition) is 5. The van der Waals surface area contributed by atoms with Gasteiger partial charge in [-0.1, -0.05) is 62.9 Å². The molecule has 7 heteroatoms. The van der Waals surface area contributed by atoms with E-state index in [9.17, 15) is 4.79 Å².